The lowest BCUT2D eigenvalue weighted by Crippen LogP contribution is -2.18. The van der Waals surface area contributed by atoms with Gasteiger partial charge in [0.25, 0.3) is 0 Å². The van der Waals surface area contributed by atoms with Crippen LogP contribution < -0.4 is 0 Å². The van der Waals surface area contributed by atoms with Gasteiger partial charge < -0.3 is 0 Å². The molecule has 0 N–H and O–H groups in total. The lowest BCUT2D eigenvalue weighted by atomic mass is 10.2. The molecule has 0 aliphatic carbocycles. The summed E-state index contributed by atoms with van der Waals surface area (Å²) in [6.45, 7) is 2.74. The number of benzene rings is 1. The van der Waals surface area contributed by atoms with Crippen LogP contribution in [0, 0.1) is 11.6 Å². The minimum atomic E-state index is -0.487. The van der Waals surface area contributed by atoms with E-state index in [2.05, 4.69) is 4.90 Å². The molecule has 0 spiro atoms. The van der Waals surface area contributed by atoms with Crippen molar-refractivity contribution in [1.82, 2.24) is 4.90 Å². The minimum absolute atomic E-state index is 0. The second-order valence-corrected chi connectivity index (χ2v) is 3.76. The van der Waals surface area contributed by atoms with Crippen molar-refractivity contribution >= 4 is 12.4 Å². The summed E-state index contributed by atoms with van der Waals surface area (Å²) >= 11 is 0. The molecular weight excluding hydrogens is 220 g/mol. The third kappa shape index (κ3) is 3.43. The Balaban J connectivity index is 0.00000112. The summed E-state index contributed by atoms with van der Waals surface area (Å²) in [6.07, 6.45) is 2.38. The Hall–Kier alpha value is -0.670. The van der Waals surface area contributed by atoms with Gasteiger partial charge in [-0.25, -0.2) is 8.78 Å². The Labute approximate surface area is 94.5 Å². The molecule has 1 aromatic carbocycles. The maximum absolute atomic E-state index is 12.8. The smallest absolute Gasteiger partial charge is 0.126 e. The number of halogens is 3. The number of hydrogen-bond acceptors (Lipinski definition) is 1. The van der Waals surface area contributed by atoms with Crippen LogP contribution in [0.4, 0.5) is 8.78 Å². The van der Waals surface area contributed by atoms with Gasteiger partial charge in [0, 0.05) is 12.6 Å². The first-order valence-corrected chi connectivity index (χ1v) is 4.91. The van der Waals surface area contributed by atoms with Crippen molar-refractivity contribution in [3.05, 3.63) is 35.4 Å². The molecule has 1 fully saturated rings. The maximum Gasteiger partial charge on any atom is 0.126 e. The normalized spacial score (nSPS) is 16.4. The van der Waals surface area contributed by atoms with Crippen LogP contribution >= 0.6 is 12.4 Å². The predicted molar refractivity (Wildman–Crippen MR) is 58.1 cm³/mol. The van der Waals surface area contributed by atoms with Gasteiger partial charge in [-0.05, 0) is 43.6 Å². The van der Waals surface area contributed by atoms with Gasteiger partial charge in [-0.15, -0.1) is 12.4 Å². The van der Waals surface area contributed by atoms with Crippen LogP contribution in [0.3, 0.4) is 0 Å². The predicted octanol–water partition coefficient (Wildman–Crippen LogP) is 2.98. The second kappa shape index (κ2) is 5.42. The number of nitrogens with zero attached hydrogens (tertiary/aromatic N) is 1. The summed E-state index contributed by atoms with van der Waals surface area (Å²) in [5, 5.41) is 0. The largest absolute Gasteiger partial charge is 0.299 e. The lowest BCUT2D eigenvalue weighted by molar-refractivity contribution is 0.330. The average Bonchev–Trinajstić information content (AvgIpc) is 2.54. The van der Waals surface area contributed by atoms with Gasteiger partial charge in [0.1, 0.15) is 11.6 Å². The summed E-state index contributed by atoms with van der Waals surface area (Å²) in [5.41, 5.74) is 0.726. The van der Waals surface area contributed by atoms with E-state index in [1.54, 1.807) is 0 Å². The molecular formula is C11H14ClF2N. The molecule has 1 nitrogen and oxygen atoms in total. The van der Waals surface area contributed by atoms with Crippen molar-refractivity contribution in [2.45, 2.75) is 19.4 Å². The maximum atomic E-state index is 12.8. The fourth-order valence-corrected chi connectivity index (χ4v) is 1.90. The molecule has 0 bridgehead atoms. The molecule has 1 aliphatic rings. The zero-order valence-electron chi connectivity index (χ0n) is 8.38. The van der Waals surface area contributed by atoms with Gasteiger partial charge in [0.15, 0.2) is 0 Å². The Kier molecular flexibility index (Phi) is 4.48. The third-order valence-corrected chi connectivity index (χ3v) is 2.53. The van der Waals surface area contributed by atoms with Crippen molar-refractivity contribution in [1.29, 1.82) is 0 Å². The van der Waals surface area contributed by atoms with Crippen molar-refractivity contribution in [3.8, 4) is 0 Å². The standard InChI is InChI=1S/C11H13F2N.ClH/c12-10-5-9(6-11(13)7-10)8-14-3-1-2-4-14;/h5-7H,1-4,8H2;1H. The van der Waals surface area contributed by atoms with Crippen LogP contribution in [0.5, 0.6) is 0 Å². The minimum Gasteiger partial charge on any atom is -0.299 e. The Bertz CT molecular complexity index is 304. The third-order valence-electron chi connectivity index (χ3n) is 2.53. The highest BCUT2D eigenvalue weighted by molar-refractivity contribution is 5.85. The molecule has 0 saturated carbocycles. The van der Waals surface area contributed by atoms with E-state index in [-0.39, 0.29) is 12.4 Å². The molecule has 1 aliphatic heterocycles. The summed E-state index contributed by atoms with van der Waals surface area (Å²) in [6, 6.07) is 3.72. The molecule has 1 saturated heterocycles. The Morgan fingerprint density at radius 3 is 2.07 bits per heavy atom. The highest BCUT2D eigenvalue weighted by Crippen LogP contribution is 2.14. The van der Waals surface area contributed by atoms with Crippen LogP contribution in [0.2, 0.25) is 0 Å². The zero-order chi connectivity index (χ0) is 9.97. The van der Waals surface area contributed by atoms with Gasteiger partial charge in [-0.3, -0.25) is 4.90 Å². The van der Waals surface area contributed by atoms with E-state index < -0.39 is 11.6 Å². The summed E-state index contributed by atoms with van der Waals surface area (Å²) in [4.78, 5) is 2.22. The first-order chi connectivity index (χ1) is 6.74. The van der Waals surface area contributed by atoms with Crippen molar-refractivity contribution in [3.63, 3.8) is 0 Å². The van der Waals surface area contributed by atoms with E-state index in [1.807, 2.05) is 0 Å². The molecule has 0 atom stereocenters. The van der Waals surface area contributed by atoms with Crippen LogP contribution in [0.25, 0.3) is 0 Å². The molecule has 84 valence electrons. The average molecular weight is 234 g/mol. The highest BCUT2D eigenvalue weighted by atomic mass is 35.5. The van der Waals surface area contributed by atoms with Gasteiger partial charge in [-0.2, -0.15) is 0 Å². The highest BCUT2D eigenvalue weighted by Gasteiger charge is 2.12. The van der Waals surface area contributed by atoms with Crippen LogP contribution in [-0.4, -0.2) is 18.0 Å². The van der Waals surface area contributed by atoms with Gasteiger partial charge in [0.2, 0.25) is 0 Å². The lowest BCUT2D eigenvalue weighted by Gasteiger charge is -2.14. The van der Waals surface area contributed by atoms with E-state index in [9.17, 15) is 8.78 Å². The second-order valence-electron chi connectivity index (χ2n) is 3.76. The summed E-state index contributed by atoms with van der Waals surface area (Å²) < 4.78 is 25.7. The molecule has 15 heavy (non-hydrogen) atoms. The summed E-state index contributed by atoms with van der Waals surface area (Å²) in [5.74, 6) is -0.974. The van der Waals surface area contributed by atoms with Crippen molar-refractivity contribution in [2.75, 3.05) is 13.1 Å². The molecule has 1 aromatic rings. The van der Waals surface area contributed by atoms with E-state index in [1.165, 1.54) is 25.0 Å². The fourth-order valence-electron chi connectivity index (χ4n) is 1.90. The topological polar surface area (TPSA) is 3.24 Å². The quantitative estimate of drug-likeness (QED) is 0.759. The SMILES string of the molecule is Cl.Fc1cc(F)cc(CN2CCCC2)c1. The number of likely N-dealkylation sites (tertiary alicyclic amines) is 1. The molecule has 2 rings (SSSR count). The molecule has 4 heteroatoms. The van der Waals surface area contributed by atoms with Crippen LogP contribution in [-0.2, 0) is 6.54 Å². The van der Waals surface area contributed by atoms with Gasteiger partial charge in [0.05, 0.1) is 0 Å². The summed E-state index contributed by atoms with van der Waals surface area (Å²) in [7, 11) is 0. The van der Waals surface area contributed by atoms with E-state index in [0.717, 1.165) is 24.7 Å². The Morgan fingerprint density at radius 1 is 1.00 bits per heavy atom. The van der Waals surface area contributed by atoms with E-state index >= 15 is 0 Å². The molecule has 1 heterocycles. The number of hydrogen-bond donors (Lipinski definition) is 0. The van der Waals surface area contributed by atoms with E-state index in [4.69, 9.17) is 0 Å². The van der Waals surface area contributed by atoms with Crippen molar-refractivity contribution in [2.24, 2.45) is 0 Å². The van der Waals surface area contributed by atoms with Gasteiger partial charge in [-0.1, -0.05) is 0 Å². The van der Waals surface area contributed by atoms with Crippen LogP contribution in [0.15, 0.2) is 18.2 Å². The van der Waals surface area contributed by atoms with Crippen LogP contribution in [0.1, 0.15) is 18.4 Å². The van der Waals surface area contributed by atoms with Gasteiger partial charge >= 0.3 is 0 Å². The molecule has 0 amide bonds. The van der Waals surface area contributed by atoms with E-state index in [0.29, 0.717) is 6.54 Å². The van der Waals surface area contributed by atoms with Crippen molar-refractivity contribution < 1.29 is 8.78 Å². The fraction of sp³-hybridized carbons (Fsp3) is 0.455. The monoisotopic (exact) mass is 233 g/mol. The first-order valence-electron chi connectivity index (χ1n) is 4.91. The number of rotatable bonds is 2. The zero-order valence-corrected chi connectivity index (χ0v) is 9.20. The Morgan fingerprint density at radius 2 is 1.53 bits per heavy atom. The first kappa shape index (κ1) is 12.4. The molecule has 0 aromatic heterocycles. The molecule has 0 radical (unpaired) electrons. The molecule has 0 unspecified atom stereocenters.